The van der Waals surface area contributed by atoms with Crippen LogP contribution < -0.4 is 11.2 Å². The second-order valence-corrected chi connectivity index (χ2v) is 9.17. The zero-order valence-corrected chi connectivity index (χ0v) is 16.3. The zero-order valence-electron chi connectivity index (χ0n) is 15.4. The van der Waals surface area contributed by atoms with Crippen molar-refractivity contribution in [3.05, 3.63) is 33.1 Å². The smallest absolute Gasteiger partial charge is 0.331 e. The number of nitrogens with one attached hydrogen (secondary N) is 1. The zero-order chi connectivity index (χ0) is 19.6. The fraction of sp³-hybridized carbons (Fsp3) is 0.750. The van der Waals surface area contributed by atoms with Gasteiger partial charge in [0.25, 0.3) is 5.56 Å². The lowest BCUT2D eigenvalue weighted by molar-refractivity contribution is 0.00748. The second-order valence-electron chi connectivity index (χ2n) is 7.16. The average Bonchev–Trinajstić information content (AvgIpc) is 2.73. The van der Waals surface area contributed by atoms with Crippen molar-refractivity contribution in [2.45, 2.75) is 64.6 Å². The molecular formula is C16H27N2O7P. The maximum Gasteiger partial charge on any atom is 0.331 e. The first kappa shape index (κ1) is 21.1. The van der Waals surface area contributed by atoms with Gasteiger partial charge in [-0.3, -0.25) is 18.9 Å². The van der Waals surface area contributed by atoms with E-state index >= 15 is 0 Å². The lowest BCUT2D eigenvalue weighted by Gasteiger charge is -2.26. The van der Waals surface area contributed by atoms with Crippen LogP contribution in [0.3, 0.4) is 0 Å². The van der Waals surface area contributed by atoms with Crippen molar-refractivity contribution in [1.82, 2.24) is 9.55 Å². The first-order valence-electron chi connectivity index (χ1n) is 8.66. The van der Waals surface area contributed by atoms with E-state index in [4.69, 9.17) is 9.05 Å². The Kier molecular flexibility index (Phi) is 6.63. The predicted octanol–water partition coefficient (Wildman–Crippen LogP) is 0.862. The van der Waals surface area contributed by atoms with Gasteiger partial charge in [0.2, 0.25) is 0 Å². The van der Waals surface area contributed by atoms with E-state index in [0.29, 0.717) is 0 Å². The van der Waals surface area contributed by atoms with Gasteiger partial charge in [-0.2, -0.15) is 0 Å². The Bertz CT molecular complexity index is 758. The molecule has 3 N–H and O–H groups in total. The minimum Gasteiger partial charge on any atom is -0.390 e. The summed E-state index contributed by atoms with van der Waals surface area (Å²) in [6, 6.07) is 0.425. The molecule has 10 heteroatoms. The molecule has 0 spiro atoms. The number of aromatic nitrogens is 2. The summed E-state index contributed by atoms with van der Waals surface area (Å²) in [5.41, 5.74) is -1.22. The first-order chi connectivity index (χ1) is 12.0. The van der Waals surface area contributed by atoms with Gasteiger partial charge in [-0.15, -0.1) is 0 Å². The molecule has 1 aromatic heterocycles. The number of aliphatic hydroxyl groups is 2. The molecular weight excluding hydrogens is 363 g/mol. The van der Waals surface area contributed by atoms with Crippen molar-refractivity contribution in [3.8, 4) is 0 Å². The van der Waals surface area contributed by atoms with Crippen LogP contribution in [0.5, 0.6) is 0 Å². The van der Waals surface area contributed by atoms with Crippen LogP contribution in [0.15, 0.2) is 21.9 Å². The van der Waals surface area contributed by atoms with Crippen molar-refractivity contribution < 1.29 is 23.8 Å². The molecule has 148 valence electrons. The first-order valence-corrected chi connectivity index (χ1v) is 10.4. The highest BCUT2D eigenvalue weighted by atomic mass is 31.2. The van der Waals surface area contributed by atoms with E-state index in [2.05, 4.69) is 4.98 Å². The molecule has 0 saturated heterocycles. The molecule has 1 saturated carbocycles. The molecule has 0 radical (unpaired) electrons. The molecule has 1 aromatic rings. The Morgan fingerprint density at radius 3 is 2.27 bits per heavy atom. The third-order valence-corrected chi connectivity index (χ3v) is 6.58. The van der Waals surface area contributed by atoms with Crippen LogP contribution in [-0.4, -0.2) is 50.3 Å². The van der Waals surface area contributed by atoms with Crippen molar-refractivity contribution in [2.75, 3.05) is 6.16 Å². The molecule has 9 nitrogen and oxygen atoms in total. The highest BCUT2D eigenvalue weighted by molar-refractivity contribution is 7.53. The third kappa shape index (κ3) is 4.92. The highest BCUT2D eigenvalue weighted by Gasteiger charge is 2.46. The van der Waals surface area contributed by atoms with Gasteiger partial charge in [-0.1, -0.05) is 0 Å². The quantitative estimate of drug-likeness (QED) is 0.589. The second kappa shape index (κ2) is 8.19. The molecule has 0 aliphatic heterocycles. The van der Waals surface area contributed by atoms with Crippen LogP contribution in [0.4, 0.5) is 0 Å². The van der Waals surface area contributed by atoms with E-state index in [9.17, 15) is 24.4 Å². The molecule has 1 fully saturated rings. The van der Waals surface area contributed by atoms with E-state index in [1.807, 2.05) is 0 Å². The van der Waals surface area contributed by atoms with Gasteiger partial charge < -0.3 is 19.3 Å². The normalized spacial score (nSPS) is 26.8. The van der Waals surface area contributed by atoms with Crippen LogP contribution in [-0.2, 0) is 13.6 Å². The van der Waals surface area contributed by atoms with E-state index < -0.39 is 43.0 Å². The maximum absolute atomic E-state index is 13.0. The third-order valence-electron chi connectivity index (χ3n) is 4.18. The fourth-order valence-corrected chi connectivity index (χ4v) is 5.73. The molecule has 0 aromatic carbocycles. The van der Waals surface area contributed by atoms with E-state index in [1.165, 1.54) is 16.8 Å². The van der Waals surface area contributed by atoms with Crippen molar-refractivity contribution in [1.29, 1.82) is 0 Å². The van der Waals surface area contributed by atoms with Crippen LogP contribution in [0, 0.1) is 5.92 Å². The number of rotatable bonds is 7. The summed E-state index contributed by atoms with van der Waals surface area (Å²) >= 11 is 0. The average molecular weight is 390 g/mol. The molecule has 0 unspecified atom stereocenters. The molecule has 1 aliphatic rings. The predicted molar refractivity (Wildman–Crippen MR) is 95.4 cm³/mol. The summed E-state index contributed by atoms with van der Waals surface area (Å²) in [5.74, 6) is -0.586. The number of aromatic amines is 1. The van der Waals surface area contributed by atoms with Gasteiger partial charge in [-0.25, -0.2) is 4.79 Å². The number of aliphatic hydroxyl groups excluding tert-OH is 2. The molecule has 0 amide bonds. The van der Waals surface area contributed by atoms with Crippen LogP contribution in [0.2, 0.25) is 0 Å². The van der Waals surface area contributed by atoms with Crippen LogP contribution >= 0.6 is 7.60 Å². The lowest BCUT2D eigenvalue weighted by atomic mass is 10.1. The fourth-order valence-electron chi connectivity index (χ4n) is 3.29. The largest absolute Gasteiger partial charge is 0.390 e. The molecule has 26 heavy (non-hydrogen) atoms. The minimum atomic E-state index is -3.50. The van der Waals surface area contributed by atoms with Gasteiger partial charge in [0, 0.05) is 18.2 Å². The van der Waals surface area contributed by atoms with E-state index in [0.717, 1.165) is 0 Å². The summed E-state index contributed by atoms with van der Waals surface area (Å²) in [5, 5.41) is 20.8. The summed E-state index contributed by atoms with van der Waals surface area (Å²) in [7, 11) is -3.50. The van der Waals surface area contributed by atoms with Crippen molar-refractivity contribution in [3.63, 3.8) is 0 Å². The Balaban J connectivity index is 2.23. The Morgan fingerprint density at radius 2 is 1.77 bits per heavy atom. The Labute approximate surface area is 151 Å². The van der Waals surface area contributed by atoms with E-state index in [-0.39, 0.29) is 24.8 Å². The Hall–Kier alpha value is -1.25. The van der Waals surface area contributed by atoms with Gasteiger partial charge in [0.1, 0.15) is 6.10 Å². The van der Waals surface area contributed by atoms with E-state index in [1.54, 1.807) is 27.7 Å². The number of nitrogens with zero attached hydrogens (tertiary/aromatic N) is 1. The summed E-state index contributed by atoms with van der Waals surface area (Å²) in [6.07, 6.45) is -1.70. The lowest BCUT2D eigenvalue weighted by Crippen LogP contribution is -2.37. The van der Waals surface area contributed by atoms with Gasteiger partial charge in [0.05, 0.1) is 30.5 Å². The SMILES string of the molecule is CC(C)OP(=O)(C[C@H]1C[C@@H](n2ccc(=O)[nH]c2=O)[C@@H](O)[C@@H]1O)OC(C)C. The van der Waals surface area contributed by atoms with Crippen molar-refractivity contribution in [2.24, 2.45) is 5.92 Å². The summed E-state index contributed by atoms with van der Waals surface area (Å²) < 4.78 is 25.2. The van der Waals surface area contributed by atoms with Crippen LogP contribution in [0.25, 0.3) is 0 Å². The van der Waals surface area contributed by atoms with Crippen molar-refractivity contribution >= 4 is 7.60 Å². The molecule has 0 bridgehead atoms. The standard InChI is InChI=1S/C16H27N2O7P/c1-9(2)24-26(23,25-10(3)4)8-11-7-12(15(21)14(11)20)18-6-5-13(19)17-16(18)22/h5-6,9-12,14-15,20-21H,7-8H2,1-4H3,(H,17,19,22)/t11-,12-,14-,15-/m1/s1. The summed E-state index contributed by atoms with van der Waals surface area (Å²) in [4.78, 5) is 25.3. The number of hydrogen-bond donors (Lipinski definition) is 3. The molecule has 2 rings (SSSR count). The summed E-state index contributed by atoms with van der Waals surface area (Å²) in [6.45, 7) is 6.94. The maximum atomic E-state index is 13.0. The number of H-pyrrole nitrogens is 1. The molecule has 1 heterocycles. The Morgan fingerprint density at radius 1 is 1.19 bits per heavy atom. The van der Waals surface area contributed by atoms with Gasteiger partial charge in [0.15, 0.2) is 0 Å². The molecule has 4 atom stereocenters. The van der Waals surface area contributed by atoms with Gasteiger partial charge in [-0.05, 0) is 34.1 Å². The topological polar surface area (TPSA) is 131 Å². The monoisotopic (exact) mass is 390 g/mol. The van der Waals surface area contributed by atoms with Crippen LogP contribution in [0.1, 0.15) is 40.2 Å². The minimum absolute atomic E-state index is 0.0732. The highest BCUT2D eigenvalue weighted by Crippen LogP contribution is 2.54. The molecule has 1 aliphatic carbocycles. The number of hydrogen-bond acceptors (Lipinski definition) is 7. The van der Waals surface area contributed by atoms with Gasteiger partial charge >= 0.3 is 13.3 Å².